The van der Waals surface area contributed by atoms with Crippen molar-refractivity contribution in [1.82, 2.24) is 9.80 Å². The minimum atomic E-state index is -0.284. The van der Waals surface area contributed by atoms with Gasteiger partial charge in [-0.2, -0.15) is 0 Å². The van der Waals surface area contributed by atoms with Gasteiger partial charge in [0.25, 0.3) is 0 Å². The second kappa shape index (κ2) is 9.94. The number of halogens is 1. The topological polar surface area (TPSA) is 40.6 Å². The maximum Gasteiger partial charge on any atom is 0.242 e. The third-order valence-electron chi connectivity index (χ3n) is 6.30. The Morgan fingerprint density at radius 3 is 2.29 bits per heavy atom. The Labute approximate surface area is 188 Å². The summed E-state index contributed by atoms with van der Waals surface area (Å²) >= 11 is 1.68. The van der Waals surface area contributed by atoms with Gasteiger partial charge in [-0.05, 0) is 68.4 Å². The van der Waals surface area contributed by atoms with Gasteiger partial charge in [0.05, 0.1) is 13.1 Å². The number of nitrogens with zero attached hydrogens (tertiary/aromatic N) is 2. The summed E-state index contributed by atoms with van der Waals surface area (Å²) in [4.78, 5) is 32.5. The van der Waals surface area contributed by atoms with Crippen LogP contribution in [0.3, 0.4) is 0 Å². The van der Waals surface area contributed by atoms with Gasteiger partial charge in [-0.3, -0.25) is 9.59 Å². The summed E-state index contributed by atoms with van der Waals surface area (Å²) in [5, 5.41) is 0. The van der Waals surface area contributed by atoms with E-state index in [1.807, 2.05) is 4.90 Å². The fourth-order valence-electron chi connectivity index (χ4n) is 4.34. The van der Waals surface area contributed by atoms with Crippen molar-refractivity contribution in [3.63, 3.8) is 0 Å². The maximum absolute atomic E-state index is 13.4. The van der Waals surface area contributed by atoms with Crippen LogP contribution in [0.15, 0.2) is 36.4 Å². The highest BCUT2D eigenvalue weighted by Gasteiger charge is 2.33. The predicted octanol–water partition coefficient (Wildman–Crippen LogP) is 5.15. The number of hydrogen-bond donors (Lipinski definition) is 0. The lowest BCUT2D eigenvalue weighted by atomic mass is 10.1. The van der Waals surface area contributed by atoms with Crippen molar-refractivity contribution in [3.8, 4) is 0 Å². The molecule has 1 aromatic carbocycles. The third kappa shape index (κ3) is 6.16. The van der Waals surface area contributed by atoms with E-state index in [0.29, 0.717) is 25.6 Å². The first kappa shape index (κ1) is 22.0. The second-order valence-corrected chi connectivity index (χ2v) is 10.4. The van der Waals surface area contributed by atoms with Crippen LogP contribution in [0.5, 0.6) is 0 Å². The first-order chi connectivity index (χ1) is 15.0. The van der Waals surface area contributed by atoms with Crippen LogP contribution < -0.4 is 0 Å². The van der Waals surface area contributed by atoms with Crippen molar-refractivity contribution < 1.29 is 14.0 Å². The van der Waals surface area contributed by atoms with Crippen LogP contribution in [0, 0.1) is 24.6 Å². The molecule has 2 fully saturated rings. The molecule has 4 rings (SSSR count). The normalized spacial score (nSPS) is 16.5. The quantitative estimate of drug-likeness (QED) is 0.539. The Balaban J connectivity index is 1.49. The summed E-state index contributed by atoms with van der Waals surface area (Å²) in [6, 6.07) is 10.4. The molecule has 2 saturated carbocycles. The predicted molar refractivity (Wildman–Crippen MR) is 121 cm³/mol. The maximum atomic E-state index is 13.4. The lowest BCUT2D eigenvalue weighted by molar-refractivity contribution is -0.143. The second-order valence-electron chi connectivity index (χ2n) is 9.03. The molecule has 31 heavy (non-hydrogen) atoms. The number of benzene rings is 1. The molecule has 0 bridgehead atoms. The van der Waals surface area contributed by atoms with Gasteiger partial charge in [-0.1, -0.05) is 25.0 Å². The highest BCUT2D eigenvalue weighted by Crippen LogP contribution is 2.32. The average molecular weight is 443 g/mol. The molecule has 0 atom stereocenters. The van der Waals surface area contributed by atoms with Gasteiger partial charge < -0.3 is 9.80 Å². The van der Waals surface area contributed by atoms with Crippen LogP contribution >= 0.6 is 11.3 Å². The molecule has 0 spiro atoms. The van der Waals surface area contributed by atoms with Crippen LogP contribution in [0.2, 0.25) is 0 Å². The molecule has 1 heterocycles. The molecule has 0 saturated heterocycles. The third-order valence-corrected chi connectivity index (χ3v) is 7.29. The molecule has 0 unspecified atom stereocenters. The molecule has 2 aliphatic carbocycles. The minimum absolute atomic E-state index is 0.0395. The molecule has 2 amide bonds. The van der Waals surface area contributed by atoms with Gasteiger partial charge >= 0.3 is 0 Å². The molecular weight excluding hydrogens is 411 g/mol. The fourth-order valence-corrected chi connectivity index (χ4v) is 5.25. The zero-order valence-corrected chi connectivity index (χ0v) is 19.0. The van der Waals surface area contributed by atoms with E-state index in [-0.39, 0.29) is 30.1 Å². The van der Waals surface area contributed by atoms with Crippen molar-refractivity contribution in [3.05, 3.63) is 57.5 Å². The van der Waals surface area contributed by atoms with Crippen LogP contribution in [-0.4, -0.2) is 34.7 Å². The Hall–Kier alpha value is -2.21. The largest absolute Gasteiger partial charge is 0.333 e. The highest BCUT2D eigenvalue weighted by atomic mass is 32.1. The van der Waals surface area contributed by atoms with Gasteiger partial charge in [0, 0.05) is 28.8 Å². The molecule has 166 valence electrons. The van der Waals surface area contributed by atoms with E-state index in [1.165, 1.54) is 17.0 Å². The first-order valence-electron chi connectivity index (χ1n) is 11.3. The van der Waals surface area contributed by atoms with Crippen molar-refractivity contribution in [2.24, 2.45) is 11.8 Å². The van der Waals surface area contributed by atoms with Crippen molar-refractivity contribution in [2.75, 3.05) is 13.1 Å². The summed E-state index contributed by atoms with van der Waals surface area (Å²) in [7, 11) is 0. The number of hydrogen-bond acceptors (Lipinski definition) is 3. The minimum Gasteiger partial charge on any atom is -0.333 e. The molecule has 4 nitrogen and oxygen atoms in total. The van der Waals surface area contributed by atoms with E-state index in [2.05, 4.69) is 19.1 Å². The van der Waals surface area contributed by atoms with Gasteiger partial charge in [0.15, 0.2) is 0 Å². The average Bonchev–Trinajstić information content (AvgIpc) is 3.22. The van der Waals surface area contributed by atoms with Crippen LogP contribution in [0.4, 0.5) is 4.39 Å². The van der Waals surface area contributed by atoms with Gasteiger partial charge in [-0.15, -0.1) is 11.3 Å². The Morgan fingerprint density at radius 2 is 1.68 bits per heavy atom. The Kier molecular flexibility index (Phi) is 7.06. The molecule has 0 aliphatic heterocycles. The number of carbonyl (C=O) groups is 2. The molecule has 0 N–H and O–H groups in total. The highest BCUT2D eigenvalue weighted by molar-refractivity contribution is 7.11. The lowest BCUT2D eigenvalue weighted by Crippen LogP contribution is -2.45. The number of carbonyl (C=O) groups excluding carboxylic acids is 2. The Bertz CT molecular complexity index is 901. The number of thiophene rings is 1. The summed E-state index contributed by atoms with van der Waals surface area (Å²) in [5.74, 6) is 0.461. The summed E-state index contributed by atoms with van der Waals surface area (Å²) in [6.07, 6.45) is 6.41. The standard InChI is InChI=1S/C25H31FN2O2S/c1-18-6-13-23(31-18)16-27(14-20-9-11-22(26)12-10-20)24(29)17-28(15-19-7-8-19)25(30)21-4-2-3-5-21/h6,9-13,19,21H,2-5,7-8,14-17H2,1H3. The molecule has 1 aromatic heterocycles. The smallest absolute Gasteiger partial charge is 0.242 e. The van der Waals surface area contributed by atoms with Crippen molar-refractivity contribution in [1.29, 1.82) is 0 Å². The summed E-state index contributed by atoms with van der Waals surface area (Å²) in [5.41, 5.74) is 0.888. The van der Waals surface area contributed by atoms with Crippen molar-refractivity contribution in [2.45, 2.75) is 58.5 Å². The molecule has 0 radical (unpaired) electrons. The number of aryl methyl sites for hydroxylation is 1. The Morgan fingerprint density at radius 1 is 0.968 bits per heavy atom. The van der Waals surface area contributed by atoms with Crippen molar-refractivity contribution >= 4 is 23.2 Å². The number of rotatable bonds is 9. The van der Waals surface area contributed by atoms with Crippen LogP contribution in [-0.2, 0) is 22.7 Å². The van der Waals surface area contributed by atoms with E-state index in [4.69, 9.17) is 0 Å². The summed E-state index contributed by atoms with van der Waals surface area (Å²) in [6.45, 7) is 3.80. The van der Waals surface area contributed by atoms with Gasteiger partial charge in [-0.25, -0.2) is 4.39 Å². The first-order valence-corrected chi connectivity index (χ1v) is 12.2. The molecular formula is C25H31FN2O2S. The van der Waals surface area contributed by atoms with Gasteiger partial charge in [0.2, 0.25) is 11.8 Å². The number of amides is 2. The van der Waals surface area contributed by atoms with E-state index in [0.717, 1.165) is 49.0 Å². The van der Waals surface area contributed by atoms with Gasteiger partial charge in [0.1, 0.15) is 5.82 Å². The molecule has 2 aromatic rings. The monoisotopic (exact) mass is 442 g/mol. The van der Waals surface area contributed by atoms with Crippen LogP contribution in [0.1, 0.15) is 53.8 Å². The summed E-state index contributed by atoms with van der Waals surface area (Å²) < 4.78 is 13.3. The van der Waals surface area contributed by atoms with E-state index >= 15 is 0 Å². The fraction of sp³-hybridized carbons (Fsp3) is 0.520. The van der Waals surface area contributed by atoms with E-state index < -0.39 is 0 Å². The molecule has 2 aliphatic rings. The van der Waals surface area contributed by atoms with Crippen LogP contribution in [0.25, 0.3) is 0 Å². The van der Waals surface area contributed by atoms with E-state index in [9.17, 15) is 14.0 Å². The lowest BCUT2D eigenvalue weighted by Gasteiger charge is -2.29. The zero-order valence-electron chi connectivity index (χ0n) is 18.2. The van der Waals surface area contributed by atoms with E-state index in [1.54, 1.807) is 28.4 Å². The molecule has 6 heteroatoms. The SMILES string of the molecule is Cc1ccc(CN(Cc2ccc(F)cc2)C(=O)CN(CC2CC2)C(=O)C2CCCC2)s1. The zero-order chi connectivity index (χ0) is 21.8.